The predicted molar refractivity (Wildman–Crippen MR) is 108 cm³/mol. The Balaban J connectivity index is 1.49. The molecule has 0 spiro atoms. The number of nitrogens with zero attached hydrogens (tertiary/aromatic N) is 2. The van der Waals surface area contributed by atoms with Gasteiger partial charge in [0.1, 0.15) is 24.3 Å². The van der Waals surface area contributed by atoms with E-state index in [0.29, 0.717) is 41.2 Å². The minimum absolute atomic E-state index is 0.00305. The summed E-state index contributed by atoms with van der Waals surface area (Å²) in [5.74, 6) is 2.10. The molecule has 2 heterocycles. The zero-order valence-corrected chi connectivity index (χ0v) is 16.7. The highest BCUT2D eigenvalue weighted by Crippen LogP contribution is 2.35. The van der Waals surface area contributed by atoms with Gasteiger partial charge in [0.15, 0.2) is 11.5 Å². The summed E-state index contributed by atoms with van der Waals surface area (Å²) in [6.07, 6.45) is 4.62. The van der Waals surface area contributed by atoms with Crippen molar-refractivity contribution in [3.63, 3.8) is 0 Å². The van der Waals surface area contributed by atoms with E-state index in [1.807, 2.05) is 12.1 Å². The molecule has 1 N–H and O–H groups in total. The number of hydrogen-bond donors (Lipinski definition) is 1. The van der Waals surface area contributed by atoms with Gasteiger partial charge in [-0.25, -0.2) is 4.98 Å². The predicted octanol–water partition coefficient (Wildman–Crippen LogP) is 3.66. The first kappa shape index (κ1) is 18.9. The van der Waals surface area contributed by atoms with Crippen LogP contribution in [0.5, 0.6) is 11.5 Å². The smallest absolute Gasteiger partial charge is 0.230 e. The summed E-state index contributed by atoms with van der Waals surface area (Å²) in [6.45, 7) is 3.22. The molecule has 1 aromatic heterocycles. The highest BCUT2D eigenvalue weighted by molar-refractivity contribution is 8.00. The normalized spacial score (nSPS) is 21.1. The van der Waals surface area contributed by atoms with Crippen molar-refractivity contribution in [2.75, 3.05) is 19.0 Å². The second kappa shape index (κ2) is 8.27. The molecule has 4 rings (SSSR count). The first-order valence-corrected chi connectivity index (χ1v) is 10.7. The number of benzene rings is 1. The monoisotopic (exact) mass is 397 g/mol. The number of nitriles is 1. The van der Waals surface area contributed by atoms with Gasteiger partial charge in [0, 0.05) is 17.5 Å². The maximum Gasteiger partial charge on any atom is 0.230 e. The lowest BCUT2D eigenvalue weighted by Gasteiger charge is -2.29. The molecular weight excluding hydrogens is 374 g/mol. The Morgan fingerprint density at radius 3 is 2.75 bits per heavy atom. The molecule has 0 radical (unpaired) electrons. The van der Waals surface area contributed by atoms with Crippen LogP contribution in [0, 0.1) is 17.2 Å². The molecule has 2 aromatic rings. The van der Waals surface area contributed by atoms with Gasteiger partial charge >= 0.3 is 0 Å². The van der Waals surface area contributed by atoms with Crippen molar-refractivity contribution < 1.29 is 14.3 Å². The number of amides is 1. The van der Waals surface area contributed by atoms with Gasteiger partial charge in [0.2, 0.25) is 5.91 Å². The van der Waals surface area contributed by atoms with Gasteiger partial charge in [-0.3, -0.25) is 4.79 Å². The number of rotatable bonds is 4. The van der Waals surface area contributed by atoms with Gasteiger partial charge in [-0.1, -0.05) is 31.5 Å². The molecule has 28 heavy (non-hydrogen) atoms. The summed E-state index contributed by atoms with van der Waals surface area (Å²) >= 11 is 1.30. The third kappa shape index (κ3) is 4.02. The minimum atomic E-state index is -0.00305. The Kier molecular flexibility index (Phi) is 5.58. The van der Waals surface area contributed by atoms with Crippen LogP contribution in [-0.4, -0.2) is 35.9 Å². The zero-order chi connectivity index (χ0) is 19.5. The van der Waals surface area contributed by atoms with Crippen LogP contribution in [0.25, 0.3) is 10.9 Å². The lowest BCUT2D eigenvalue weighted by atomic mass is 9.86. The fraction of sp³-hybridized carbons (Fsp3) is 0.476. The van der Waals surface area contributed by atoms with Crippen molar-refractivity contribution >= 4 is 28.6 Å². The minimum Gasteiger partial charge on any atom is -0.486 e. The number of nitrogens with one attached hydrogen (secondary N) is 1. The van der Waals surface area contributed by atoms with Crippen LogP contribution in [0.15, 0.2) is 23.2 Å². The van der Waals surface area contributed by atoms with E-state index in [9.17, 15) is 10.1 Å². The van der Waals surface area contributed by atoms with Gasteiger partial charge < -0.3 is 14.8 Å². The molecule has 6 nitrogen and oxygen atoms in total. The number of carbonyl (C=O) groups is 1. The van der Waals surface area contributed by atoms with E-state index in [2.05, 4.69) is 23.3 Å². The SMILES string of the molecule is CC1CCCCC1NC(=O)CSc1nc2cc3c(cc2cc1C#N)OCCO3. The fourth-order valence-corrected chi connectivity index (χ4v) is 4.57. The highest BCUT2D eigenvalue weighted by atomic mass is 32.2. The van der Waals surface area contributed by atoms with Gasteiger partial charge in [0.25, 0.3) is 0 Å². The molecule has 2 unspecified atom stereocenters. The van der Waals surface area contributed by atoms with E-state index in [1.165, 1.54) is 31.0 Å². The first-order valence-electron chi connectivity index (χ1n) is 9.70. The van der Waals surface area contributed by atoms with Crippen molar-refractivity contribution in [3.05, 3.63) is 23.8 Å². The van der Waals surface area contributed by atoms with Gasteiger partial charge in [-0.15, -0.1) is 0 Å². The van der Waals surface area contributed by atoms with Crippen LogP contribution >= 0.6 is 11.8 Å². The summed E-state index contributed by atoms with van der Waals surface area (Å²) in [5.41, 5.74) is 1.19. The van der Waals surface area contributed by atoms with Crippen LogP contribution in [0.1, 0.15) is 38.2 Å². The Morgan fingerprint density at radius 2 is 2.00 bits per heavy atom. The van der Waals surface area contributed by atoms with Crippen LogP contribution in [0.4, 0.5) is 0 Å². The van der Waals surface area contributed by atoms with Crippen LogP contribution in [0.2, 0.25) is 0 Å². The summed E-state index contributed by atoms with van der Waals surface area (Å²) < 4.78 is 11.2. The summed E-state index contributed by atoms with van der Waals surface area (Å²) in [6, 6.07) is 7.93. The van der Waals surface area contributed by atoms with E-state index in [-0.39, 0.29) is 17.7 Å². The molecule has 0 saturated heterocycles. The average Bonchev–Trinajstić information content (AvgIpc) is 2.71. The molecule has 146 valence electrons. The standard InChI is InChI=1S/C21H23N3O3S/c1-13-4-2-3-5-16(13)23-20(25)12-28-21-15(11-22)8-14-9-18-19(10-17(14)24-21)27-7-6-26-18/h8-10,13,16H,2-7,12H2,1H3,(H,23,25). The zero-order valence-electron chi connectivity index (χ0n) is 15.9. The Labute approximate surface area is 168 Å². The average molecular weight is 398 g/mol. The van der Waals surface area contributed by atoms with Crippen LogP contribution < -0.4 is 14.8 Å². The number of pyridine rings is 1. The van der Waals surface area contributed by atoms with Gasteiger partial charge in [-0.2, -0.15) is 5.26 Å². The van der Waals surface area contributed by atoms with Crippen molar-refractivity contribution in [1.29, 1.82) is 5.26 Å². The molecular formula is C21H23N3O3S. The maximum atomic E-state index is 12.4. The first-order chi connectivity index (χ1) is 13.6. The second-order valence-electron chi connectivity index (χ2n) is 7.37. The van der Waals surface area contributed by atoms with E-state index in [0.717, 1.165) is 17.3 Å². The van der Waals surface area contributed by atoms with Crippen molar-refractivity contribution in [2.45, 2.75) is 43.7 Å². The number of aromatic nitrogens is 1. The van der Waals surface area contributed by atoms with E-state index in [4.69, 9.17) is 9.47 Å². The lowest BCUT2D eigenvalue weighted by Crippen LogP contribution is -2.41. The molecule has 1 fully saturated rings. The Morgan fingerprint density at radius 1 is 1.25 bits per heavy atom. The maximum absolute atomic E-state index is 12.4. The van der Waals surface area contributed by atoms with Crippen molar-refractivity contribution in [3.8, 4) is 17.6 Å². The number of carbonyl (C=O) groups excluding carboxylic acids is 1. The molecule has 2 atom stereocenters. The molecule has 1 aliphatic carbocycles. The number of hydrogen-bond acceptors (Lipinski definition) is 6. The third-order valence-corrected chi connectivity index (χ3v) is 6.35. The quantitative estimate of drug-likeness (QED) is 0.793. The lowest BCUT2D eigenvalue weighted by molar-refractivity contribution is -0.119. The summed E-state index contributed by atoms with van der Waals surface area (Å²) in [4.78, 5) is 17.0. The van der Waals surface area contributed by atoms with Crippen LogP contribution in [-0.2, 0) is 4.79 Å². The van der Waals surface area contributed by atoms with Gasteiger partial charge in [-0.05, 0) is 30.9 Å². The molecule has 0 bridgehead atoms. The van der Waals surface area contributed by atoms with Gasteiger partial charge in [0.05, 0.1) is 16.8 Å². The Bertz CT molecular complexity index is 941. The molecule has 2 aliphatic rings. The molecule has 7 heteroatoms. The molecule has 1 aromatic carbocycles. The van der Waals surface area contributed by atoms with Crippen molar-refractivity contribution in [2.24, 2.45) is 5.92 Å². The molecule has 1 saturated carbocycles. The molecule has 1 aliphatic heterocycles. The highest BCUT2D eigenvalue weighted by Gasteiger charge is 2.23. The third-order valence-electron chi connectivity index (χ3n) is 5.36. The van der Waals surface area contributed by atoms with Crippen LogP contribution in [0.3, 0.4) is 0 Å². The molecule has 1 amide bonds. The summed E-state index contributed by atoms with van der Waals surface area (Å²) in [7, 11) is 0. The van der Waals surface area contributed by atoms with E-state index < -0.39 is 0 Å². The topological polar surface area (TPSA) is 84.2 Å². The number of fused-ring (bicyclic) bond motifs is 2. The second-order valence-corrected chi connectivity index (χ2v) is 8.33. The number of ether oxygens (including phenoxy) is 2. The van der Waals surface area contributed by atoms with E-state index in [1.54, 1.807) is 6.07 Å². The van der Waals surface area contributed by atoms with Crippen molar-refractivity contribution in [1.82, 2.24) is 10.3 Å². The largest absolute Gasteiger partial charge is 0.486 e. The Hall–Kier alpha value is -2.46. The van der Waals surface area contributed by atoms with E-state index >= 15 is 0 Å². The summed E-state index contributed by atoms with van der Waals surface area (Å²) in [5, 5.41) is 14.1. The fourth-order valence-electron chi connectivity index (χ4n) is 3.80. The number of thioether (sulfide) groups is 1.